The predicted octanol–water partition coefficient (Wildman–Crippen LogP) is 5.78. The van der Waals surface area contributed by atoms with Crippen molar-refractivity contribution in [3.8, 4) is 5.75 Å². The number of carbonyl (C=O) groups is 2. The Balaban J connectivity index is 2.10. The second-order valence-corrected chi connectivity index (χ2v) is 12.6. The Morgan fingerprint density at radius 1 is 0.951 bits per heavy atom. The van der Waals surface area contributed by atoms with Gasteiger partial charge in [0.05, 0.1) is 17.7 Å². The molecule has 11 heteroatoms. The van der Waals surface area contributed by atoms with E-state index in [0.717, 1.165) is 9.87 Å². The van der Waals surface area contributed by atoms with Crippen molar-refractivity contribution in [2.45, 2.75) is 44.7 Å². The first-order chi connectivity index (χ1) is 19.5. The molecule has 2 amide bonds. The molecule has 0 bridgehead atoms. The molecule has 0 fully saturated rings. The lowest BCUT2D eigenvalue weighted by Gasteiger charge is -2.33. The van der Waals surface area contributed by atoms with Gasteiger partial charge < -0.3 is 15.0 Å². The molecule has 1 atom stereocenters. The van der Waals surface area contributed by atoms with Crippen LogP contribution in [0.4, 0.5) is 5.69 Å². The summed E-state index contributed by atoms with van der Waals surface area (Å²) in [5.41, 5.74) is 0.830. The molecule has 0 heterocycles. The van der Waals surface area contributed by atoms with Gasteiger partial charge >= 0.3 is 0 Å². The number of hydrogen-bond donors (Lipinski definition) is 1. The number of rotatable bonds is 13. The van der Waals surface area contributed by atoms with Gasteiger partial charge in [-0.25, -0.2) is 8.42 Å². The lowest BCUT2D eigenvalue weighted by atomic mass is 10.1. The number of nitrogens with one attached hydrogen (secondary N) is 1. The molecule has 1 N–H and O–H groups in total. The SMILES string of the molecule is CC[C@@H](C(=O)NCC(C)C)N(Cc1ccc(Cl)cc1)C(=O)CN(c1cc(Cl)ccc1OC)S(=O)(=O)c1ccccc1. The monoisotopic (exact) mass is 619 g/mol. The highest BCUT2D eigenvalue weighted by Gasteiger charge is 2.34. The molecule has 0 spiro atoms. The Kier molecular flexibility index (Phi) is 11.5. The highest BCUT2D eigenvalue weighted by Crippen LogP contribution is 2.35. The predicted molar refractivity (Wildman–Crippen MR) is 163 cm³/mol. The molecule has 220 valence electrons. The molecule has 0 saturated heterocycles. The van der Waals surface area contributed by atoms with Gasteiger partial charge in [-0.3, -0.25) is 13.9 Å². The van der Waals surface area contributed by atoms with Gasteiger partial charge in [0.25, 0.3) is 10.0 Å². The van der Waals surface area contributed by atoms with Crippen LogP contribution >= 0.6 is 23.2 Å². The quantitative estimate of drug-likeness (QED) is 0.262. The van der Waals surface area contributed by atoms with Gasteiger partial charge in [0.1, 0.15) is 18.3 Å². The summed E-state index contributed by atoms with van der Waals surface area (Å²) in [4.78, 5) is 28.8. The normalized spacial score (nSPS) is 12.1. The minimum absolute atomic E-state index is 0.0132. The molecule has 0 aliphatic carbocycles. The van der Waals surface area contributed by atoms with Crippen LogP contribution < -0.4 is 14.4 Å². The van der Waals surface area contributed by atoms with E-state index in [1.165, 1.54) is 36.3 Å². The van der Waals surface area contributed by atoms with Gasteiger partial charge in [0, 0.05) is 23.1 Å². The Bertz CT molecular complexity index is 1430. The number of sulfonamides is 1. The fourth-order valence-electron chi connectivity index (χ4n) is 4.22. The van der Waals surface area contributed by atoms with Crippen molar-refractivity contribution in [1.29, 1.82) is 0 Å². The van der Waals surface area contributed by atoms with E-state index in [0.29, 0.717) is 18.0 Å². The van der Waals surface area contributed by atoms with Crippen molar-refractivity contribution in [2.24, 2.45) is 5.92 Å². The zero-order valence-corrected chi connectivity index (χ0v) is 25.8. The van der Waals surface area contributed by atoms with Crippen molar-refractivity contribution >= 4 is 50.7 Å². The van der Waals surface area contributed by atoms with Gasteiger partial charge in [-0.05, 0) is 60.4 Å². The van der Waals surface area contributed by atoms with Crippen molar-refractivity contribution < 1.29 is 22.7 Å². The number of amides is 2. The smallest absolute Gasteiger partial charge is 0.264 e. The average Bonchev–Trinajstić information content (AvgIpc) is 2.95. The summed E-state index contributed by atoms with van der Waals surface area (Å²) in [6.07, 6.45) is 0.315. The largest absolute Gasteiger partial charge is 0.495 e. The number of nitrogens with zero attached hydrogens (tertiary/aromatic N) is 2. The van der Waals surface area contributed by atoms with Crippen molar-refractivity contribution in [3.05, 3.63) is 88.4 Å². The number of hydrogen-bond acceptors (Lipinski definition) is 5. The van der Waals surface area contributed by atoms with Crippen LogP contribution in [-0.2, 0) is 26.2 Å². The topological polar surface area (TPSA) is 96.0 Å². The lowest BCUT2D eigenvalue weighted by molar-refractivity contribution is -0.140. The fourth-order valence-corrected chi connectivity index (χ4v) is 5.95. The summed E-state index contributed by atoms with van der Waals surface area (Å²) in [5, 5.41) is 3.70. The summed E-state index contributed by atoms with van der Waals surface area (Å²) >= 11 is 12.3. The van der Waals surface area contributed by atoms with E-state index in [9.17, 15) is 18.0 Å². The molecule has 0 aromatic heterocycles. The van der Waals surface area contributed by atoms with Crippen LogP contribution in [0.15, 0.2) is 77.7 Å². The molecule has 3 rings (SSSR count). The van der Waals surface area contributed by atoms with E-state index in [4.69, 9.17) is 27.9 Å². The average molecular weight is 621 g/mol. The number of ether oxygens (including phenoxy) is 1. The van der Waals surface area contributed by atoms with E-state index in [1.54, 1.807) is 55.5 Å². The summed E-state index contributed by atoms with van der Waals surface area (Å²) in [6, 6.07) is 18.4. The third-order valence-electron chi connectivity index (χ3n) is 6.36. The Morgan fingerprint density at radius 3 is 2.17 bits per heavy atom. The van der Waals surface area contributed by atoms with Gasteiger partial charge in [-0.1, -0.05) is 74.3 Å². The number of benzene rings is 3. The Morgan fingerprint density at radius 2 is 1.59 bits per heavy atom. The Labute approximate surface area is 252 Å². The summed E-state index contributed by atoms with van der Waals surface area (Å²) in [5.74, 6) is -0.472. The van der Waals surface area contributed by atoms with Gasteiger partial charge in [0.2, 0.25) is 11.8 Å². The first kappa shape index (κ1) is 32.2. The molecule has 41 heavy (non-hydrogen) atoms. The van der Waals surface area contributed by atoms with E-state index in [-0.39, 0.29) is 39.7 Å². The first-order valence-corrected chi connectivity index (χ1v) is 15.4. The molecule has 0 radical (unpaired) electrons. The molecule has 0 unspecified atom stereocenters. The number of anilines is 1. The fraction of sp³-hybridized carbons (Fsp3) is 0.333. The molecule has 8 nitrogen and oxygen atoms in total. The molecule has 0 aliphatic heterocycles. The highest BCUT2D eigenvalue weighted by molar-refractivity contribution is 7.92. The van der Waals surface area contributed by atoms with Crippen LogP contribution in [0.1, 0.15) is 32.8 Å². The van der Waals surface area contributed by atoms with Gasteiger partial charge in [-0.2, -0.15) is 0 Å². The molecule has 0 aliphatic rings. The molecular weight excluding hydrogens is 585 g/mol. The minimum atomic E-state index is -4.26. The van der Waals surface area contributed by atoms with E-state index in [2.05, 4.69) is 5.32 Å². The van der Waals surface area contributed by atoms with E-state index < -0.39 is 28.5 Å². The van der Waals surface area contributed by atoms with E-state index in [1.807, 2.05) is 13.8 Å². The maximum absolute atomic E-state index is 14.1. The third kappa shape index (κ3) is 8.38. The second kappa shape index (κ2) is 14.6. The molecular formula is C30H35Cl2N3O5S. The van der Waals surface area contributed by atoms with Crippen LogP contribution in [0.5, 0.6) is 5.75 Å². The first-order valence-electron chi connectivity index (χ1n) is 13.2. The van der Waals surface area contributed by atoms with E-state index >= 15 is 0 Å². The van der Waals surface area contributed by atoms with Gasteiger partial charge in [-0.15, -0.1) is 0 Å². The summed E-state index contributed by atoms with van der Waals surface area (Å²) in [7, 11) is -2.85. The van der Waals surface area contributed by atoms with Crippen LogP contribution in [0, 0.1) is 5.92 Å². The Hall–Kier alpha value is -3.27. The summed E-state index contributed by atoms with van der Waals surface area (Å²) < 4.78 is 34.4. The minimum Gasteiger partial charge on any atom is -0.495 e. The lowest BCUT2D eigenvalue weighted by Crippen LogP contribution is -2.52. The van der Waals surface area contributed by atoms with Crippen LogP contribution in [0.2, 0.25) is 10.0 Å². The van der Waals surface area contributed by atoms with Crippen molar-refractivity contribution in [2.75, 3.05) is 24.5 Å². The van der Waals surface area contributed by atoms with Crippen molar-refractivity contribution in [3.63, 3.8) is 0 Å². The van der Waals surface area contributed by atoms with Crippen molar-refractivity contribution in [1.82, 2.24) is 10.2 Å². The maximum Gasteiger partial charge on any atom is 0.264 e. The number of halogens is 2. The third-order valence-corrected chi connectivity index (χ3v) is 8.62. The van der Waals surface area contributed by atoms with Crippen LogP contribution in [-0.4, -0.2) is 51.4 Å². The van der Waals surface area contributed by atoms with Crippen LogP contribution in [0.3, 0.4) is 0 Å². The molecule has 0 saturated carbocycles. The molecule has 3 aromatic rings. The van der Waals surface area contributed by atoms with Crippen LogP contribution in [0.25, 0.3) is 0 Å². The summed E-state index contributed by atoms with van der Waals surface area (Å²) in [6.45, 7) is 5.66. The maximum atomic E-state index is 14.1. The second-order valence-electron chi connectivity index (χ2n) is 9.85. The standard InChI is InChI=1S/C30H35Cl2N3O5S/c1-5-26(30(37)33-18-21(2)3)34(19-22-11-13-23(31)14-12-22)29(36)20-35(27-17-24(32)15-16-28(27)40-4)41(38,39)25-9-7-6-8-10-25/h6-17,21,26H,5,18-20H2,1-4H3,(H,33,37)/t26-/m0/s1. The number of methoxy groups -OCH3 is 1. The zero-order chi connectivity index (χ0) is 30.2. The van der Waals surface area contributed by atoms with Gasteiger partial charge in [0.15, 0.2) is 0 Å². The highest BCUT2D eigenvalue weighted by atomic mass is 35.5. The molecule has 3 aromatic carbocycles. The zero-order valence-electron chi connectivity index (χ0n) is 23.5. The number of carbonyl (C=O) groups excluding carboxylic acids is 2.